The molecule has 0 saturated carbocycles. The fourth-order valence-corrected chi connectivity index (χ4v) is 1.55. The number of anilines is 2. The lowest BCUT2D eigenvalue weighted by Crippen LogP contribution is -2.27. The quantitative estimate of drug-likeness (QED) is 0.881. The Morgan fingerprint density at radius 2 is 1.79 bits per heavy atom. The zero-order valence-corrected chi connectivity index (χ0v) is 11.5. The van der Waals surface area contributed by atoms with E-state index < -0.39 is 0 Å². The number of hydrogen-bond donors (Lipinski definition) is 2. The second kappa shape index (κ2) is 5.65. The average molecular weight is 257 g/mol. The third kappa shape index (κ3) is 4.54. The molecule has 0 radical (unpaired) electrons. The van der Waals surface area contributed by atoms with Crippen LogP contribution >= 0.6 is 0 Å². The third-order valence-corrected chi connectivity index (χ3v) is 2.37. The first-order valence-electron chi connectivity index (χ1n) is 6.27. The number of aromatic nitrogens is 3. The van der Waals surface area contributed by atoms with E-state index in [1.165, 1.54) is 5.56 Å². The van der Waals surface area contributed by atoms with E-state index in [0.29, 0.717) is 12.5 Å². The van der Waals surface area contributed by atoms with Gasteiger partial charge in [-0.25, -0.2) is 4.98 Å². The van der Waals surface area contributed by atoms with Crippen LogP contribution in [0.1, 0.15) is 26.3 Å². The molecule has 0 fully saturated rings. The van der Waals surface area contributed by atoms with Gasteiger partial charge >= 0.3 is 0 Å². The van der Waals surface area contributed by atoms with Gasteiger partial charge in [-0.05, 0) is 44.5 Å². The van der Waals surface area contributed by atoms with Crippen molar-refractivity contribution in [1.29, 1.82) is 0 Å². The molecule has 0 unspecified atom stereocenters. The summed E-state index contributed by atoms with van der Waals surface area (Å²) in [4.78, 5) is 12.6. The van der Waals surface area contributed by atoms with Gasteiger partial charge in [-0.2, -0.15) is 4.98 Å². The lowest BCUT2D eigenvalue weighted by atomic mass is 10.1. The maximum Gasteiger partial charge on any atom is 0.224 e. The van der Waals surface area contributed by atoms with Crippen molar-refractivity contribution in [3.63, 3.8) is 0 Å². The van der Waals surface area contributed by atoms with Gasteiger partial charge in [0.1, 0.15) is 5.82 Å². The summed E-state index contributed by atoms with van der Waals surface area (Å²) in [6.07, 6.45) is 5.31. The second-order valence-electron chi connectivity index (χ2n) is 5.35. The van der Waals surface area contributed by atoms with Crippen LogP contribution < -0.4 is 10.6 Å². The van der Waals surface area contributed by atoms with Crippen LogP contribution in [0, 0.1) is 0 Å². The average Bonchev–Trinajstić information content (AvgIpc) is 2.36. The van der Waals surface area contributed by atoms with E-state index in [1.807, 2.05) is 18.2 Å². The van der Waals surface area contributed by atoms with E-state index in [0.717, 1.165) is 5.82 Å². The Balaban J connectivity index is 1.99. The van der Waals surface area contributed by atoms with Crippen molar-refractivity contribution in [1.82, 2.24) is 15.0 Å². The van der Waals surface area contributed by atoms with Crippen LogP contribution in [0.3, 0.4) is 0 Å². The normalized spacial score (nSPS) is 11.1. The molecule has 2 rings (SSSR count). The van der Waals surface area contributed by atoms with Gasteiger partial charge in [-0.15, -0.1) is 0 Å². The van der Waals surface area contributed by atoms with Crippen LogP contribution in [0.2, 0.25) is 0 Å². The largest absolute Gasteiger partial charge is 0.366 e. The second-order valence-corrected chi connectivity index (χ2v) is 5.35. The highest BCUT2D eigenvalue weighted by Gasteiger charge is 2.11. The molecule has 5 heteroatoms. The van der Waals surface area contributed by atoms with Gasteiger partial charge < -0.3 is 10.6 Å². The van der Waals surface area contributed by atoms with Crippen LogP contribution in [0.4, 0.5) is 11.8 Å². The highest BCUT2D eigenvalue weighted by atomic mass is 15.2. The summed E-state index contributed by atoms with van der Waals surface area (Å²) in [7, 11) is 0. The first-order valence-corrected chi connectivity index (χ1v) is 6.27. The molecule has 5 nitrogen and oxygen atoms in total. The van der Waals surface area contributed by atoms with Crippen LogP contribution in [-0.2, 0) is 6.54 Å². The first-order chi connectivity index (χ1) is 9.03. The van der Waals surface area contributed by atoms with Gasteiger partial charge in [-0.3, -0.25) is 4.98 Å². The monoisotopic (exact) mass is 257 g/mol. The smallest absolute Gasteiger partial charge is 0.224 e. The molecule has 0 aliphatic carbocycles. The zero-order chi connectivity index (χ0) is 13.7. The van der Waals surface area contributed by atoms with E-state index >= 15 is 0 Å². The fourth-order valence-electron chi connectivity index (χ4n) is 1.55. The number of nitrogens with zero attached hydrogens (tertiary/aromatic N) is 3. The van der Waals surface area contributed by atoms with Gasteiger partial charge in [0.05, 0.1) is 0 Å². The minimum atomic E-state index is -0.0519. The number of nitrogens with one attached hydrogen (secondary N) is 2. The summed E-state index contributed by atoms with van der Waals surface area (Å²) < 4.78 is 0. The molecule has 2 aromatic rings. The molecule has 0 spiro atoms. The van der Waals surface area contributed by atoms with Crippen molar-refractivity contribution in [3.8, 4) is 0 Å². The van der Waals surface area contributed by atoms with Crippen molar-refractivity contribution >= 4 is 11.8 Å². The first kappa shape index (κ1) is 13.3. The van der Waals surface area contributed by atoms with Crippen molar-refractivity contribution in [2.45, 2.75) is 32.9 Å². The standard InChI is InChI=1S/C14H19N5/c1-14(2,3)19-13-16-9-6-12(18-13)17-10-11-4-7-15-8-5-11/h4-9H,10H2,1-3H3,(H2,16,17,18,19). The maximum absolute atomic E-state index is 4.42. The summed E-state index contributed by atoms with van der Waals surface area (Å²) >= 11 is 0. The van der Waals surface area contributed by atoms with Crippen molar-refractivity contribution in [3.05, 3.63) is 42.4 Å². The van der Waals surface area contributed by atoms with Crippen molar-refractivity contribution in [2.75, 3.05) is 10.6 Å². The maximum atomic E-state index is 4.42. The molecule has 0 saturated heterocycles. The van der Waals surface area contributed by atoms with E-state index in [4.69, 9.17) is 0 Å². The predicted octanol–water partition coefficient (Wildman–Crippen LogP) is 2.69. The van der Waals surface area contributed by atoms with Crippen molar-refractivity contribution < 1.29 is 0 Å². The molecule has 2 heterocycles. The Kier molecular flexibility index (Phi) is 3.94. The van der Waals surface area contributed by atoms with Gasteiger partial charge in [0.25, 0.3) is 0 Å². The lowest BCUT2D eigenvalue weighted by molar-refractivity contribution is 0.626. The molecule has 19 heavy (non-hydrogen) atoms. The lowest BCUT2D eigenvalue weighted by Gasteiger charge is -2.20. The Morgan fingerprint density at radius 3 is 2.47 bits per heavy atom. The molecular weight excluding hydrogens is 238 g/mol. The van der Waals surface area contributed by atoms with Crippen molar-refractivity contribution in [2.24, 2.45) is 0 Å². The minimum Gasteiger partial charge on any atom is -0.366 e. The summed E-state index contributed by atoms with van der Waals surface area (Å²) in [6.45, 7) is 6.95. The Morgan fingerprint density at radius 1 is 1.05 bits per heavy atom. The molecule has 2 aromatic heterocycles. The van der Waals surface area contributed by atoms with Crippen LogP contribution in [0.25, 0.3) is 0 Å². The van der Waals surface area contributed by atoms with Gasteiger partial charge in [0, 0.05) is 30.7 Å². The Bertz CT molecular complexity index is 519. The minimum absolute atomic E-state index is 0.0519. The number of rotatable bonds is 4. The topological polar surface area (TPSA) is 62.7 Å². The predicted molar refractivity (Wildman–Crippen MR) is 77.0 cm³/mol. The van der Waals surface area contributed by atoms with E-state index in [1.54, 1.807) is 18.6 Å². The summed E-state index contributed by atoms with van der Waals surface area (Å²) in [5.74, 6) is 1.44. The van der Waals surface area contributed by atoms with Gasteiger partial charge in [-0.1, -0.05) is 0 Å². The van der Waals surface area contributed by atoms with Gasteiger partial charge in [0.15, 0.2) is 0 Å². The Hall–Kier alpha value is -2.17. The molecule has 0 aliphatic heterocycles. The van der Waals surface area contributed by atoms with E-state index in [9.17, 15) is 0 Å². The van der Waals surface area contributed by atoms with E-state index in [2.05, 4.69) is 46.4 Å². The summed E-state index contributed by atoms with van der Waals surface area (Å²) in [5, 5.41) is 6.52. The van der Waals surface area contributed by atoms with Crippen LogP contribution in [-0.4, -0.2) is 20.5 Å². The molecule has 100 valence electrons. The highest BCUT2D eigenvalue weighted by molar-refractivity contribution is 5.41. The molecule has 0 aromatic carbocycles. The fraction of sp³-hybridized carbons (Fsp3) is 0.357. The number of pyridine rings is 1. The molecule has 0 aliphatic rings. The molecule has 2 N–H and O–H groups in total. The summed E-state index contributed by atoms with van der Waals surface area (Å²) in [5.41, 5.74) is 1.11. The molecular formula is C14H19N5. The SMILES string of the molecule is CC(C)(C)Nc1nccc(NCc2ccncc2)n1. The molecule has 0 bridgehead atoms. The van der Waals surface area contributed by atoms with E-state index in [-0.39, 0.29) is 5.54 Å². The molecule has 0 atom stereocenters. The molecule has 0 amide bonds. The highest BCUT2D eigenvalue weighted by Crippen LogP contribution is 2.12. The Labute approximate surface area is 113 Å². The zero-order valence-electron chi connectivity index (χ0n) is 11.5. The summed E-state index contributed by atoms with van der Waals surface area (Å²) in [6, 6.07) is 5.81. The van der Waals surface area contributed by atoms with Gasteiger partial charge in [0.2, 0.25) is 5.95 Å². The van der Waals surface area contributed by atoms with Crippen LogP contribution in [0.5, 0.6) is 0 Å². The van der Waals surface area contributed by atoms with Crippen LogP contribution in [0.15, 0.2) is 36.8 Å². The third-order valence-electron chi connectivity index (χ3n) is 2.37. The number of hydrogen-bond acceptors (Lipinski definition) is 5.